The second-order valence-corrected chi connectivity index (χ2v) is 10.0. The van der Waals surface area contributed by atoms with Crippen molar-refractivity contribution in [3.63, 3.8) is 0 Å². The maximum atomic E-state index is 13.2. The Morgan fingerprint density at radius 1 is 0.818 bits per heavy atom. The van der Waals surface area contributed by atoms with Crippen molar-refractivity contribution in [1.29, 1.82) is 0 Å². The molecule has 0 aliphatic carbocycles. The fourth-order valence-electron chi connectivity index (χ4n) is 3.63. The smallest absolute Gasteiger partial charge is 0.248 e. The fourth-order valence-corrected chi connectivity index (χ4v) is 5.30. The Morgan fingerprint density at radius 2 is 1.48 bits per heavy atom. The number of hydrogen-bond acceptors (Lipinski definition) is 5. The Bertz CT molecular complexity index is 1600. The molecule has 5 nitrogen and oxygen atoms in total. The predicted molar refractivity (Wildman–Crippen MR) is 131 cm³/mol. The van der Waals surface area contributed by atoms with Crippen LogP contribution in [0.1, 0.15) is 0 Å². The molecule has 0 saturated heterocycles. The van der Waals surface area contributed by atoms with E-state index in [4.69, 9.17) is 33.4 Å². The molecule has 164 valence electrons. The minimum absolute atomic E-state index is 0.00211. The Morgan fingerprint density at radius 3 is 2.18 bits per heavy atom. The van der Waals surface area contributed by atoms with Gasteiger partial charge < -0.3 is 10.2 Å². The highest BCUT2D eigenvalue weighted by Gasteiger charge is 2.28. The third-order valence-corrected chi connectivity index (χ3v) is 7.53. The number of furan rings is 1. The van der Waals surface area contributed by atoms with Crippen molar-refractivity contribution in [3.8, 4) is 22.4 Å². The number of halogens is 2. The number of pyridine rings is 1. The van der Waals surface area contributed by atoms with Gasteiger partial charge in [0, 0.05) is 21.2 Å². The molecule has 0 saturated carbocycles. The molecule has 3 aromatic carbocycles. The van der Waals surface area contributed by atoms with Crippen LogP contribution in [0.4, 0.5) is 5.69 Å². The van der Waals surface area contributed by atoms with Crippen molar-refractivity contribution >= 4 is 49.8 Å². The number of aromatic nitrogens is 1. The average molecular weight is 495 g/mol. The lowest BCUT2D eigenvalue weighted by molar-refractivity contribution is 0.478. The summed E-state index contributed by atoms with van der Waals surface area (Å²) in [7, 11) is -3.98. The van der Waals surface area contributed by atoms with Crippen LogP contribution in [0.25, 0.3) is 33.5 Å². The third kappa shape index (κ3) is 3.76. The predicted octanol–water partition coefficient (Wildman–Crippen LogP) is 6.88. The van der Waals surface area contributed by atoms with Gasteiger partial charge in [-0.3, -0.25) is 0 Å². The second-order valence-electron chi connectivity index (χ2n) is 7.34. The van der Waals surface area contributed by atoms with Crippen molar-refractivity contribution in [1.82, 2.24) is 4.98 Å². The van der Waals surface area contributed by atoms with Crippen LogP contribution in [0.5, 0.6) is 0 Å². The molecule has 2 aromatic heterocycles. The highest BCUT2D eigenvalue weighted by molar-refractivity contribution is 7.91. The molecule has 0 fully saturated rings. The lowest BCUT2D eigenvalue weighted by Crippen LogP contribution is -2.03. The number of sulfone groups is 1. The van der Waals surface area contributed by atoms with Gasteiger partial charge in [0.25, 0.3) is 0 Å². The largest absolute Gasteiger partial charge is 0.424 e. The number of rotatable bonds is 4. The van der Waals surface area contributed by atoms with Crippen LogP contribution in [0.2, 0.25) is 10.0 Å². The van der Waals surface area contributed by atoms with Gasteiger partial charge in [0.15, 0.2) is 0 Å². The van der Waals surface area contributed by atoms with Gasteiger partial charge in [0.05, 0.1) is 16.0 Å². The van der Waals surface area contributed by atoms with Gasteiger partial charge in [-0.1, -0.05) is 71.7 Å². The molecule has 33 heavy (non-hydrogen) atoms. The third-order valence-electron chi connectivity index (χ3n) is 5.27. The van der Waals surface area contributed by atoms with E-state index in [1.165, 1.54) is 12.1 Å². The molecular weight excluding hydrogens is 479 g/mol. The fraction of sp³-hybridized carbons (Fsp3) is 0. The van der Waals surface area contributed by atoms with E-state index in [9.17, 15) is 8.42 Å². The van der Waals surface area contributed by atoms with E-state index in [2.05, 4.69) is 4.98 Å². The summed E-state index contributed by atoms with van der Waals surface area (Å²) in [5.41, 5.74) is 9.14. The van der Waals surface area contributed by atoms with Crippen LogP contribution in [0, 0.1) is 0 Å². The summed E-state index contributed by atoms with van der Waals surface area (Å²) in [6.07, 6.45) is 0. The zero-order valence-corrected chi connectivity index (χ0v) is 19.3. The van der Waals surface area contributed by atoms with Gasteiger partial charge in [-0.15, -0.1) is 0 Å². The number of nitrogen functional groups attached to an aromatic ring is 1. The summed E-state index contributed by atoms with van der Waals surface area (Å²) in [6, 6.07) is 24.3. The molecular formula is C25H16Cl2N2O3S. The van der Waals surface area contributed by atoms with Gasteiger partial charge in [-0.25, -0.2) is 13.4 Å². The molecule has 0 bridgehead atoms. The van der Waals surface area contributed by atoms with E-state index in [0.29, 0.717) is 32.3 Å². The number of nitrogens with two attached hydrogens (primary N) is 1. The first-order valence-electron chi connectivity index (χ1n) is 9.90. The number of anilines is 1. The van der Waals surface area contributed by atoms with Crippen LogP contribution in [0.15, 0.2) is 99.3 Å². The normalized spacial score (nSPS) is 11.7. The quantitative estimate of drug-likeness (QED) is 0.294. The van der Waals surface area contributed by atoms with Crippen LogP contribution < -0.4 is 5.73 Å². The van der Waals surface area contributed by atoms with E-state index in [1.54, 1.807) is 42.5 Å². The van der Waals surface area contributed by atoms with Crippen LogP contribution in [-0.2, 0) is 9.84 Å². The van der Waals surface area contributed by atoms with Gasteiger partial charge in [-0.2, -0.15) is 0 Å². The Labute approximate surface area is 200 Å². The number of nitrogens with zero attached hydrogens (tertiary/aromatic N) is 1. The molecule has 0 radical (unpaired) electrons. The SMILES string of the molecule is Nc1c(S(=O)(=O)c2ccccc2)oc2nc(-c3ccccc3Cl)c(-c3ccc(Cl)cc3)cc12. The second kappa shape index (κ2) is 8.23. The monoisotopic (exact) mass is 494 g/mol. The topological polar surface area (TPSA) is 86.2 Å². The first-order chi connectivity index (χ1) is 15.9. The van der Waals surface area contributed by atoms with Gasteiger partial charge in [0.2, 0.25) is 20.6 Å². The van der Waals surface area contributed by atoms with Crippen LogP contribution in [0.3, 0.4) is 0 Å². The van der Waals surface area contributed by atoms with E-state index < -0.39 is 9.84 Å². The molecule has 0 spiro atoms. The summed E-state index contributed by atoms with van der Waals surface area (Å²) in [4.78, 5) is 4.75. The van der Waals surface area contributed by atoms with Crippen LogP contribution >= 0.6 is 23.2 Å². The molecule has 0 aliphatic rings. The average Bonchev–Trinajstić information content (AvgIpc) is 3.16. The highest BCUT2D eigenvalue weighted by Crippen LogP contribution is 2.41. The molecule has 5 rings (SSSR count). The molecule has 0 unspecified atom stereocenters. The van der Waals surface area contributed by atoms with Gasteiger partial charge in [-0.05, 0) is 42.0 Å². The summed E-state index contributed by atoms with van der Waals surface area (Å²) in [5.74, 6) is 0. The van der Waals surface area contributed by atoms with Crippen molar-refractivity contribution < 1.29 is 12.8 Å². The lowest BCUT2D eigenvalue weighted by atomic mass is 9.98. The summed E-state index contributed by atoms with van der Waals surface area (Å²) in [6.45, 7) is 0. The Kier molecular flexibility index (Phi) is 5.37. The molecule has 0 atom stereocenters. The zero-order chi connectivity index (χ0) is 23.2. The van der Waals surface area contributed by atoms with Gasteiger partial charge >= 0.3 is 0 Å². The van der Waals surface area contributed by atoms with E-state index in [1.807, 2.05) is 30.3 Å². The Balaban J connectivity index is 1.80. The zero-order valence-electron chi connectivity index (χ0n) is 17.0. The molecule has 5 aromatic rings. The van der Waals surface area contributed by atoms with Gasteiger partial charge in [0.1, 0.15) is 5.69 Å². The van der Waals surface area contributed by atoms with Crippen molar-refractivity contribution in [2.24, 2.45) is 0 Å². The molecule has 0 aliphatic heterocycles. The van der Waals surface area contributed by atoms with E-state index in [-0.39, 0.29) is 21.4 Å². The Hall–Kier alpha value is -3.32. The maximum absolute atomic E-state index is 13.2. The van der Waals surface area contributed by atoms with E-state index in [0.717, 1.165) is 5.56 Å². The van der Waals surface area contributed by atoms with Crippen molar-refractivity contribution in [2.75, 3.05) is 5.73 Å². The van der Waals surface area contributed by atoms with Crippen molar-refractivity contribution in [3.05, 3.63) is 95.0 Å². The summed E-state index contributed by atoms with van der Waals surface area (Å²) >= 11 is 12.5. The van der Waals surface area contributed by atoms with Crippen LogP contribution in [-0.4, -0.2) is 13.4 Å². The molecule has 2 heterocycles. The molecule has 0 amide bonds. The summed E-state index contributed by atoms with van der Waals surface area (Å²) in [5, 5.41) is 1.14. The number of benzene rings is 3. The van der Waals surface area contributed by atoms with E-state index >= 15 is 0 Å². The first kappa shape index (κ1) is 21.5. The standard InChI is InChI=1S/C25H16Cl2N2O3S/c26-16-12-10-15(11-13-16)19-14-20-22(28)25(33(30,31)17-6-2-1-3-7-17)32-24(20)29-23(19)18-8-4-5-9-21(18)27/h1-14H,28H2. The number of hydrogen-bond donors (Lipinski definition) is 1. The van der Waals surface area contributed by atoms with Crippen molar-refractivity contribution in [2.45, 2.75) is 9.99 Å². The molecule has 8 heteroatoms. The molecule has 2 N–H and O–H groups in total. The minimum Gasteiger partial charge on any atom is -0.424 e. The highest BCUT2D eigenvalue weighted by atomic mass is 35.5. The minimum atomic E-state index is -3.98. The first-order valence-corrected chi connectivity index (χ1v) is 12.1. The lowest BCUT2D eigenvalue weighted by Gasteiger charge is -2.11. The summed E-state index contributed by atoms with van der Waals surface area (Å²) < 4.78 is 32.1. The number of fused-ring (bicyclic) bond motifs is 1. The maximum Gasteiger partial charge on any atom is 0.248 e.